The predicted molar refractivity (Wildman–Crippen MR) is 120 cm³/mol. The topological polar surface area (TPSA) is 71.5 Å². The van der Waals surface area contributed by atoms with E-state index in [0.29, 0.717) is 24.8 Å². The first-order chi connectivity index (χ1) is 15.2. The van der Waals surface area contributed by atoms with E-state index in [4.69, 9.17) is 4.74 Å². The summed E-state index contributed by atoms with van der Waals surface area (Å²) < 4.78 is 6.05. The second kappa shape index (κ2) is 8.42. The minimum atomic E-state index is -0.949. The maximum absolute atomic E-state index is 11.5. The lowest BCUT2D eigenvalue weighted by molar-refractivity contribution is 0.0697. The van der Waals surface area contributed by atoms with Crippen LogP contribution in [0.25, 0.3) is 0 Å². The molecular formula is C26H26N2O3. The normalized spacial score (nSPS) is 19.6. The Labute approximate surface area is 182 Å². The fourth-order valence-corrected chi connectivity index (χ4v) is 4.96. The molecule has 1 aliphatic carbocycles. The molecular weight excluding hydrogens is 388 g/mol. The summed E-state index contributed by atoms with van der Waals surface area (Å²) >= 11 is 0. The standard InChI is InChI=1S/C26H26N2O3/c29-26(30)23-10-12-27-16-24(23)28-15-19-11-13-31-25-14-18(8-9-22(19)25)21-7-3-5-17-4-1-2-6-20(17)21/h1-2,4,6,8-10,12,14,16,19,21,28H,3,5,7,11,13,15H2,(H,29,30). The first kappa shape index (κ1) is 19.6. The fourth-order valence-electron chi connectivity index (χ4n) is 4.96. The molecule has 0 radical (unpaired) electrons. The van der Waals surface area contributed by atoms with Crippen molar-refractivity contribution in [1.82, 2.24) is 4.98 Å². The van der Waals surface area contributed by atoms with Gasteiger partial charge in [0.05, 0.1) is 24.1 Å². The Morgan fingerprint density at radius 3 is 2.94 bits per heavy atom. The third-order valence-corrected chi connectivity index (χ3v) is 6.56. The van der Waals surface area contributed by atoms with E-state index < -0.39 is 5.97 Å². The van der Waals surface area contributed by atoms with Crippen LogP contribution in [-0.2, 0) is 6.42 Å². The summed E-state index contributed by atoms with van der Waals surface area (Å²) in [5, 5.41) is 12.7. The van der Waals surface area contributed by atoms with Crippen LogP contribution in [-0.4, -0.2) is 29.2 Å². The molecule has 2 aliphatic rings. The lowest BCUT2D eigenvalue weighted by atomic mass is 9.78. The quantitative estimate of drug-likeness (QED) is 0.598. The molecule has 2 heterocycles. The number of fused-ring (bicyclic) bond motifs is 2. The Bertz CT molecular complexity index is 1110. The molecule has 2 atom stereocenters. The molecule has 0 saturated heterocycles. The van der Waals surface area contributed by atoms with Gasteiger partial charge in [0.15, 0.2) is 0 Å². The Kier molecular flexibility index (Phi) is 5.33. The first-order valence-electron chi connectivity index (χ1n) is 11.0. The largest absolute Gasteiger partial charge is 0.493 e. The average molecular weight is 415 g/mol. The number of carboxylic acids is 1. The molecule has 158 valence electrons. The molecule has 0 spiro atoms. The zero-order valence-corrected chi connectivity index (χ0v) is 17.4. The van der Waals surface area contributed by atoms with Crippen LogP contribution in [0, 0.1) is 0 Å². The van der Waals surface area contributed by atoms with Crippen LogP contribution >= 0.6 is 0 Å². The minimum absolute atomic E-state index is 0.244. The van der Waals surface area contributed by atoms with Gasteiger partial charge < -0.3 is 15.2 Å². The predicted octanol–water partition coefficient (Wildman–Crippen LogP) is 5.23. The van der Waals surface area contributed by atoms with Crippen molar-refractivity contribution in [3.05, 3.63) is 88.7 Å². The molecule has 0 bridgehead atoms. The summed E-state index contributed by atoms with van der Waals surface area (Å²) in [6, 6.07) is 17.0. The van der Waals surface area contributed by atoms with E-state index in [1.54, 1.807) is 6.20 Å². The van der Waals surface area contributed by atoms with Crippen LogP contribution in [0.4, 0.5) is 5.69 Å². The number of aromatic nitrogens is 1. The van der Waals surface area contributed by atoms with Gasteiger partial charge in [-0.05, 0) is 60.1 Å². The Hall–Kier alpha value is -3.34. The number of hydrogen-bond donors (Lipinski definition) is 2. The van der Waals surface area contributed by atoms with Crippen LogP contribution in [0.15, 0.2) is 60.9 Å². The van der Waals surface area contributed by atoms with Crippen LogP contribution in [0.1, 0.15) is 63.7 Å². The van der Waals surface area contributed by atoms with Crippen LogP contribution in [0.2, 0.25) is 0 Å². The van der Waals surface area contributed by atoms with Crippen LogP contribution in [0.5, 0.6) is 5.75 Å². The van der Waals surface area contributed by atoms with E-state index in [2.05, 4.69) is 52.8 Å². The monoisotopic (exact) mass is 414 g/mol. The number of aromatic carboxylic acids is 1. The molecule has 0 fully saturated rings. The molecule has 0 saturated carbocycles. The van der Waals surface area contributed by atoms with Crippen molar-refractivity contribution in [2.45, 2.75) is 37.5 Å². The van der Waals surface area contributed by atoms with Gasteiger partial charge in [-0.2, -0.15) is 0 Å². The number of pyridine rings is 1. The zero-order chi connectivity index (χ0) is 21.2. The smallest absolute Gasteiger partial charge is 0.337 e. The van der Waals surface area contributed by atoms with Crippen molar-refractivity contribution in [3.8, 4) is 5.75 Å². The number of benzene rings is 2. The molecule has 2 unspecified atom stereocenters. The zero-order valence-electron chi connectivity index (χ0n) is 17.4. The van der Waals surface area contributed by atoms with Crippen molar-refractivity contribution in [2.75, 3.05) is 18.5 Å². The van der Waals surface area contributed by atoms with Gasteiger partial charge in [0, 0.05) is 24.6 Å². The number of rotatable bonds is 5. The number of hydrogen-bond acceptors (Lipinski definition) is 4. The highest BCUT2D eigenvalue weighted by Gasteiger charge is 2.26. The number of anilines is 1. The second-order valence-corrected chi connectivity index (χ2v) is 8.38. The summed E-state index contributed by atoms with van der Waals surface area (Å²) in [4.78, 5) is 15.5. The van der Waals surface area contributed by atoms with Gasteiger partial charge in [-0.3, -0.25) is 4.98 Å². The summed E-state index contributed by atoms with van der Waals surface area (Å²) in [6.45, 7) is 1.32. The maximum atomic E-state index is 11.5. The van der Waals surface area contributed by atoms with E-state index >= 15 is 0 Å². The second-order valence-electron chi connectivity index (χ2n) is 8.38. The van der Waals surface area contributed by atoms with E-state index in [9.17, 15) is 9.90 Å². The van der Waals surface area contributed by atoms with Crippen LogP contribution < -0.4 is 10.1 Å². The Balaban J connectivity index is 1.38. The number of aryl methyl sites for hydroxylation is 1. The van der Waals surface area contributed by atoms with E-state index in [1.165, 1.54) is 47.4 Å². The highest BCUT2D eigenvalue weighted by atomic mass is 16.5. The molecule has 2 aromatic carbocycles. The van der Waals surface area contributed by atoms with Gasteiger partial charge in [-0.15, -0.1) is 0 Å². The number of ether oxygens (including phenoxy) is 1. The maximum Gasteiger partial charge on any atom is 0.337 e. The summed E-state index contributed by atoms with van der Waals surface area (Å²) in [5.41, 5.74) is 6.21. The van der Waals surface area contributed by atoms with Crippen molar-refractivity contribution in [3.63, 3.8) is 0 Å². The lowest BCUT2D eigenvalue weighted by Gasteiger charge is -2.30. The average Bonchev–Trinajstić information content (AvgIpc) is 2.82. The Morgan fingerprint density at radius 2 is 2.03 bits per heavy atom. The third-order valence-electron chi connectivity index (χ3n) is 6.56. The number of nitrogens with one attached hydrogen (secondary N) is 1. The first-order valence-corrected chi connectivity index (χ1v) is 11.0. The third kappa shape index (κ3) is 3.88. The molecule has 2 N–H and O–H groups in total. The van der Waals surface area contributed by atoms with Crippen molar-refractivity contribution in [2.24, 2.45) is 0 Å². The van der Waals surface area contributed by atoms with E-state index in [1.807, 2.05) is 0 Å². The molecule has 5 heteroatoms. The van der Waals surface area contributed by atoms with Gasteiger partial charge in [-0.1, -0.05) is 36.4 Å². The SMILES string of the molecule is O=C(O)c1ccncc1NCC1CCOc2cc(C3CCCc4ccccc43)ccc21. The van der Waals surface area contributed by atoms with Crippen molar-refractivity contribution >= 4 is 11.7 Å². The van der Waals surface area contributed by atoms with Crippen molar-refractivity contribution in [1.29, 1.82) is 0 Å². The summed E-state index contributed by atoms with van der Waals surface area (Å²) in [5.74, 6) is 0.696. The van der Waals surface area contributed by atoms with Gasteiger partial charge in [0.2, 0.25) is 0 Å². The van der Waals surface area contributed by atoms with Crippen LogP contribution in [0.3, 0.4) is 0 Å². The molecule has 1 aromatic heterocycles. The van der Waals surface area contributed by atoms with Gasteiger partial charge in [0.25, 0.3) is 0 Å². The summed E-state index contributed by atoms with van der Waals surface area (Å²) in [7, 11) is 0. The van der Waals surface area contributed by atoms with E-state index in [0.717, 1.165) is 18.6 Å². The summed E-state index contributed by atoms with van der Waals surface area (Å²) in [6.07, 6.45) is 7.52. The molecule has 5 nitrogen and oxygen atoms in total. The van der Waals surface area contributed by atoms with Crippen molar-refractivity contribution < 1.29 is 14.6 Å². The highest BCUT2D eigenvalue weighted by Crippen LogP contribution is 2.41. The minimum Gasteiger partial charge on any atom is -0.493 e. The molecule has 3 aromatic rings. The number of nitrogens with zero attached hydrogens (tertiary/aromatic N) is 1. The molecule has 5 rings (SSSR count). The fraction of sp³-hybridized carbons (Fsp3) is 0.308. The highest BCUT2D eigenvalue weighted by molar-refractivity contribution is 5.93. The Morgan fingerprint density at radius 1 is 1.13 bits per heavy atom. The molecule has 1 aliphatic heterocycles. The van der Waals surface area contributed by atoms with E-state index in [-0.39, 0.29) is 11.5 Å². The lowest BCUT2D eigenvalue weighted by Crippen LogP contribution is -2.22. The van der Waals surface area contributed by atoms with Gasteiger partial charge in [-0.25, -0.2) is 4.79 Å². The number of carbonyl (C=O) groups is 1. The van der Waals surface area contributed by atoms with Gasteiger partial charge in [0.1, 0.15) is 5.75 Å². The molecule has 31 heavy (non-hydrogen) atoms. The molecule has 0 amide bonds. The van der Waals surface area contributed by atoms with Gasteiger partial charge >= 0.3 is 5.97 Å². The number of carboxylic acid groups (broad SMARTS) is 1.